The molecule has 1 heterocycles. The van der Waals surface area contributed by atoms with Gasteiger partial charge in [-0.1, -0.05) is 23.5 Å². The van der Waals surface area contributed by atoms with E-state index >= 15 is 0 Å². The molecule has 0 radical (unpaired) electrons. The Kier molecular flexibility index (Phi) is 7.06. The molecule has 0 amide bonds. The van der Waals surface area contributed by atoms with Gasteiger partial charge in [-0.3, -0.25) is 0 Å². The van der Waals surface area contributed by atoms with Crippen LogP contribution in [-0.4, -0.2) is 21.3 Å². The predicted molar refractivity (Wildman–Crippen MR) is 103 cm³/mol. The van der Waals surface area contributed by atoms with Gasteiger partial charge in [0, 0.05) is 12.1 Å². The van der Waals surface area contributed by atoms with E-state index in [-0.39, 0.29) is 17.0 Å². The Hall–Kier alpha value is -2.05. The van der Waals surface area contributed by atoms with E-state index in [4.69, 9.17) is 14.2 Å². The number of thiazole rings is 1. The zero-order chi connectivity index (χ0) is 17.8. The van der Waals surface area contributed by atoms with Crippen molar-refractivity contribution in [1.82, 2.24) is 0 Å². The largest absolute Gasteiger partial charge is 1.00 e. The van der Waals surface area contributed by atoms with E-state index < -0.39 is 0 Å². The summed E-state index contributed by atoms with van der Waals surface area (Å²) in [5.41, 5.74) is 2.26. The minimum atomic E-state index is 0. The van der Waals surface area contributed by atoms with Crippen LogP contribution in [0.2, 0.25) is 0 Å². The summed E-state index contributed by atoms with van der Waals surface area (Å²) in [5.74, 6) is 1.91. The number of aromatic nitrogens is 1. The van der Waals surface area contributed by atoms with Crippen molar-refractivity contribution in [3.05, 3.63) is 47.0 Å². The Balaban J connectivity index is 0.00000243. The van der Waals surface area contributed by atoms with E-state index in [9.17, 15) is 0 Å². The molecule has 26 heavy (non-hydrogen) atoms. The lowest BCUT2D eigenvalue weighted by Gasteiger charge is -2.12. The molecule has 1 aromatic heterocycles. The summed E-state index contributed by atoms with van der Waals surface area (Å²) in [6.45, 7) is 3.09. The third-order valence-corrected chi connectivity index (χ3v) is 5.19. The molecule has 6 heteroatoms. The lowest BCUT2D eigenvalue weighted by Crippen LogP contribution is -3.00. The number of hydrogen-bond acceptors (Lipinski definition) is 4. The van der Waals surface area contributed by atoms with Crippen LogP contribution in [0.15, 0.2) is 36.4 Å². The van der Waals surface area contributed by atoms with Crippen LogP contribution < -0.4 is 35.8 Å². The molecule has 3 aromatic rings. The highest BCUT2D eigenvalue weighted by atomic mass is 79.9. The third-order valence-electron chi connectivity index (χ3n) is 4.06. The molecule has 0 bridgehead atoms. The van der Waals surface area contributed by atoms with Gasteiger partial charge in [0.2, 0.25) is 11.3 Å². The first kappa shape index (κ1) is 20.3. The number of aryl methyl sites for hydroxylation is 1. The van der Waals surface area contributed by atoms with Crippen molar-refractivity contribution >= 4 is 33.7 Å². The van der Waals surface area contributed by atoms with Crippen LogP contribution in [0.1, 0.15) is 17.5 Å². The smallest absolute Gasteiger partial charge is 0.262 e. The third kappa shape index (κ3) is 3.86. The Labute approximate surface area is 168 Å². The number of methoxy groups -OCH3 is 3. The van der Waals surface area contributed by atoms with E-state index in [1.165, 1.54) is 15.2 Å². The van der Waals surface area contributed by atoms with E-state index in [0.29, 0.717) is 17.2 Å². The summed E-state index contributed by atoms with van der Waals surface area (Å²) >= 11 is 1.78. The van der Waals surface area contributed by atoms with Gasteiger partial charge in [0.25, 0.3) is 5.01 Å². The van der Waals surface area contributed by atoms with Crippen LogP contribution in [0, 0.1) is 0 Å². The first-order valence-corrected chi connectivity index (χ1v) is 8.93. The summed E-state index contributed by atoms with van der Waals surface area (Å²) in [5, 5.41) is 1.21. The summed E-state index contributed by atoms with van der Waals surface area (Å²) in [6, 6.07) is 12.4. The molecule has 0 saturated heterocycles. The van der Waals surface area contributed by atoms with Crippen molar-refractivity contribution < 1.29 is 35.8 Å². The van der Waals surface area contributed by atoms with Gasteiger partial charge in [-0.2, -0.15) is 4.57 Å². The Morgan fingerprint density at radius 3 is 2.19 bits per heavy atom. The van der Waals surface area contributed by atoms with Crippen LogP contribution in [-0.2, 0) is 6.54 Å². The molecule has 3 rings (SSSR count). The Morgan fingerprint density at radius 2 is 1.62 bits per heavy atom. The fraction of sp³-hybridized carbons (Fsp3) is 0.250. The van der Waals surface area contributed by atoms with Crippen LogP contribution in [0.3, 0.4) is 0 Å². The molecule has 0 aliphatic rings. The van der Waals surface area contributed by atoms with Crippen LogP contribution >= 0.6 is 11.3 Å². The van der Waals surface area contributed by atoms with Gasteiger partial charge in [0.05, 0.1) is 21.3 Å². The molecule has 2 aromatic carbocycles. The van der Waals surface area contributed by atoms with E-state index in [0.717, 1.165) is 12.1 Å². The van der Waals surface area contributed by atoms with Gasteiger partial charge < -0.3 is 31.2 Å². The van der Waals surface area contributed by atoms with Crippen molar-refractivity contribution in [2.24, 2.45) is 0 Å². The molecule has 0 unspecified atom stereocenters. The molecule has 0 saturated carbocycles. The standard InChI is InChI=1S/C20H22NO3S.BrH/c1-5-21-15-8-6-7-9-18(15)25-19(21)11-10-14-12-16(22-2)20(24-4)17(13-14)23-3;/h6-13H,5H2,1-4H3;1H/q+1;/p-1/b11-10+;. The maximum Gasteiger partial charge on any atom is 0.262 e. The molecule has 0 atom stereocenters. The fourth-order valence-corrected chi connectivity index (χ4v) is 4.00. The van der Waals surface area contributed by atoms with Crippen LogP contribution in [0.5, 0.6) is 17.2 Å². The zero-order valence-electron chi connectivity index (χ0n) is 15.3. The minimum Gasteiger partial charge on any atom is -1.00 e. The highest BCUT2D eigenvalue weighted by molar-refractivity contribution is 7.18. The van der Waals surface area contributed by atoms with Crippen LogP contribution in [0.25, 0.3) is 22.4 Å². The number of rotatable bonds is 6. The number of para-hydroxylation sites is 1. The van der Waals surface area contributed by atoms with Crippen LogP contribution in [0.4, 0.5) is 0 Å². The number of fused-ring (bicyclic) bond motifs is 1. The van der Waals surface area contributed by atoms with Gasteiger partial charge in [-0.15, -0.1) is 0 Å². The Morgan fingerprint density at radius 1 is 0.962 bits per heavy atom. The van der Waals surface area contributed by atoms with Gasteiger partial charge in [0.1, 0.15) is 11.2 Å². The van der Waals surface area contributed by atoms with Crippen molar-refractivity contribution in [1.29, 1.82) is 0 Å². The van der Waals surface area contributed by atoms with Gasteiger partial charge >= 0.3 is 0 Å². The van der Waals surface area contributed by atoms with Gasteiger partial charge in [-0.05, 0) is 36.8 Å². The molecular weight excluding hydrogens is 414 g/mol. The summed E-state index contributed by atoms with van der Waals surface area (Å²) < 4.78 is 19.8. The number of nitrogens with zero attached hydrogens (tertiary/aromatic N) is 1. The van der Waals surface area contributed by atoms with Gasteiger partial charge in [-0.25, -0.2) is 0 Å². The number of halogens is 1. The monoisotopic (exact) mass is 435 g/mol. The maximum atomic E-state index is 5.42. The molecular formula is C20H22BrNO3S. The molecule has 0 aliphatic carbocycles. The predicted octanol–water partition coefficient (Wildman–Crippen LogP) is 1.41. The normalized spacial score (nSPS) is 10.8. The average Bonchev–Trinajstić information content (AvgIpc) is 3.02. The lowest BCUT2D eigenvalue weighted by atomic mass is 10.1. The SMILES string of the molecule is CC[n+]1c(/C=C/c2cc(OC)c(OC)c(OC)c2)sc2ccccc21.[Br-]. The summed E-state index contributed by atoms with van der Waals surface area (Å²) in [7, 11) is 4.86. The molecule has 0 aliphatic heterocycles. The van der Waals surface area contributed by atoms with Crippen molar-refractivity contribution in [3.8, 4) is 17.2 Å². The highest BCUT2D eigenvalue weighted by Gasteiger charge is 2.16. The van der Waals surface area contributed by atoms with Crippen molar-refractivity contribution in [2.45, 2.75) is 13.5 Å². The highest BCUT2D eigenvalue weighted by Crippen LogP contribution is 2.38. The van der Waals surface area contributed by atoms with Crippen molar-refractivity contribution in [2.75, 3.05) is 21.3 Å². The van der Waals surface area contributed by atoms with Crippen molar-refractivity contribution in [3.63, 3.8) is 0 Å². The fourth-order valence-electron chi connectivity index (χ4n) is 2.87. The van der Waals surface area contributed by atoms with E-state index in [1.807, 2.05) is 12.1 Å². The van der Waals surface area contributed by atoms with E-state index in [2.05, 4.69) is 47.9 Å². The molecule has 0 fully saturated rings. The first-order valence-electron chi connectivity index (χ1n) is 8.11. The quantitative estimate of drug-likeness (QED) is 0.548. The number of ether oxygens (including phenoxy) is 3. The minimum absolute atomic E-state index is 0. The zero-order valence-corrected chi connectivity index (χ0v) is 17.7. The second-order valence-corrected chi connectivity index (χ2v) is 6.51. The number of benzene rings is 2. The molecule has 138 valence electrons. The Bertz CT molecular complexity index is 896. The summed E-state index contributed by atoms with van der Waals surface area (Å²) in [4.78, 5) is 0. The maximum absolute atomic E-state index is 5.42. The molecule has 0 N–H and O–H groups in total. The second-order valence-electron chi connectivity index (χ2n) is 5.44. The molecule has 4 nitrogen and oxygen atoms in total. The second kappa shape index (κ2) is 9.05. The lowest BCUT2D eigenvalue weighted by molar-refractivity contribution is -0.665. The topological polar surface area (TPSA) is 31.6 Å². The number of hydrogen-bond donors (Lipinski definition) is 0. The van der Waals surface area contributed by atoms with E-state index in [1.54, 1.807) is 32.7 Å². The average molecular weight is 436 g/mol. The van der Waals surface area contributed by atoms with Gasteiger partial charge in [0.15, 0.2) is 11.5 Å². The molecule has 0 spiro atoms. The first-order chi connectivity index (χ1) is 12.2. The summed E-state index contributed by atoms with van der Waals surface area (Å²) in [6.07, 6.45) is 4.20.